The summed E-state index contributed by atoms with van der Waals surface area (Å²) >= 11 is 0. The number of nitrogens with two attached hydrogens (primary N) is 1. The summed E-state index contributed by atoms with van der Waals surface area (Å²) in [6.07, 6.45) is 0.951. The topological polar surface area (TPSA) is 58.4 Å². The number of amides is 1. The molecule has 0 aliphatic heterocycles. The second-order valence-electron chi connectivity index (χ2n) is 5.00. The Morgan fingerprint density at radius 1 is 1.29 bits per heavy atom. The number of rotatable bonds is 8. The lowest BCUT2D eigenvalue weighted by molar-refractivity contribution is -0.124. The molecule has 1 atom stereocenters. The average Bonchev–Trinajstić information content (AvgIpc) is 2.43. The molecule has 0 fully saturated rings. The zero-order chi connectivity index (χ0) is 14.1. The number of carbonyl (C=O) groups is 1. The molecule has 0 saturated heterocycles. The Balaban J connectivity index is 0. The van der Waals surface area contributed by atoms with Gasteiger partial charge in [-0.25, -0.2) is 0 Å². The van der Waals surface area contributed by atoms with E-state index >= 15 is 0 Å². The molecule has 0 aliphatic carbocycles. The maximum Gasteiger partial charge on any atom is 0.224 e. The van der Waals surface area contributed by atoms with E-state index in [1.54, 1.807) is 0 Å². The second kappa shape index (κ2) is 12.9. The summed E-state index contributed by atoms with van der Waals surface area (Å²) < 4.78 is 0. The van der Waals surface area contributed by atoms with Crippen LogP contribution in [0.25, 0.3) is 0 Å². The van der Waals surface area contributed by atoms with Crippen LogP contribution in [0.3, 0.4) is 0 Å². The van der Waals surface area contributed by atoms with Crippen molar-refractivity contribution in [2.75, 3.05) is 26.7 Å². The van der Waals surface area contributed by atoms with E-state index in [0.717, 1.165) is 19.5 Å². The summed E-state index contributed by atoms with van der Waals surface area (Å²) in [5.74, 6) is -0.0461. The molecule has 122 valence electrons. The average molecular weight is 336 g/mol. The molecule has 21 heavy (non-hydrogen) atoms. The standard InChI is InChI=1S/C15H25N3O.2ClH/c1-13(11-16)15(19)17-9-6-10-18(2)12-14-7-4-3-5-8-14;;/h3-5,7-8,13H,6,9-12,16H2,1-2H3,(H,17,19);2*1H. The van der Waals surface area contributed by atoms with E-state index in [1.165, 1.54) is 5.56 Å². The van der Waals surface area contributed by atoms with Crippen LogP contribution in [0.1, 0.15) is 18.9 Å². The van der Waals surface area contributed by atoms with Crippen LogP contribution in [0.4, 0.5) is 0 Å². The third-order valence-corrected chi connectivity index (χ3v) is 3.11. The Kier molecular flexibility index (Phi) is 13.8. The summed E-state index contributed by atoms with van der Waals surface area (Å²) in [5.41, 5.74) is 6.75. The molecule has 4 nitrogen and oxygen atoms in total. The van der Waals surface area contributed by atoms with Gasteiger partial charge in [0.2, 0.25) is 5.91 Å². The molecule has 0 aliphatic rings. The van der Waals surface area contributed by atoms with Gasteiger partial charge in [0.05, 0.1) is 0 Å². The van der Waals surface area contributed by atoms with Crippen molar-refractivity contribution in [1.82, 2.24) is 10.2 Å². The van der Waals surface area contributed by atoms with Gasteiger partial charge in [0, 0.05) is 25.6 Å². The molecule has 6 heteroatoms. The highest BCUT2D eigenvalue weighted by Crippen LogP contribution is 2.02. The largest absolute Gasteiger partial charge is 0.356 e. The third-order valence-electron chi connectivity index (χ3n) is 3.11. The Morgan fingerprint density at radius 3 is 2.48 bits per heavy atom. The number of hydrogen-bond donors (Lipinski definition) is 2. The highest BCUT2D eigenvalue weighted by atomic mass is 35.5. The lowest BCUT2D eigenvalue weighted by Gasteiger charge is -2.17. The molecule has 0 spiro atoms. The minimum absolute atomic E-state index is 0. The van der Waals surface area contributed by atoms with Gasteiger partial charge in [-0.15, -0.1) is 24.8 Å². The van der Waals surface area contributed by atoms with E-state index in [9.17, 15) is 4.79 Å². The van der Waals surface area contributed by atoms with Crippen molar-refractivity contribution in [2.24, 2.45) is 11.7 Å². The van der Waals surface area contributed by atoms with Crippen LogP contribution in [-0.2, 0) is 11.3 Å². The summed E-state index contributed by atoms with van der Waals surface area (Å²) in [7, 11) is 2.09. The van der Waals surface area contributed by atoms with Gasteiger partial charge in [-0.1, -0.05) is 37.3 Å². The van der Waals surface area contributed by atoms with Crippen LogP contribution < -0.4 is 11.1 Å². The highest BCUT2D eigenvalue weighted by Gasteiger charge is 2.09. The van der Waals surface area contributed by atoms with Crippen LogP contribution >= 0.6 is 24.8 Å². The number of nitrogens with one attached hydrogen (secondary N) is 1. The SMILES string of the molecule is CC(CN)C(=O)NCCCN(C)Cc1ccccc1.Cl.Cl. The fourth-order valence-corrected chi connectivity index (χ4v) is 1.82. The van der Waals surface area contributed by atoms with Gasteiger partial charge in [0.1, 0.15) is 0 Å². The van der Waals surface area contributed by atoms with Gasteiger partial charge in [-0.05, 0) is 25.6 Å². The van der Waals surface area contributed by atoms with Gasteiger partial charge in [0.25, 0.3) is 0 Å². The van der Waals surface area contributed by atoms with E-state index in [0.29, 0.717) is 13.1 Å². The van der Waals surface area contributed by atoms with Crippen LogP contribution in [-0.4, -0.2) is 37.5 Å². The highest BCUT2D eigenvalue weighted by molar-refractivity contribution is 5.85. The summed E-state index contributed by atoms with van der Waals surface area (Å²) in [4.78, 5) is 13.8. The molecule has 1 amide bonds. The molecule has 0 bridgehead atoms. The van der Waals surface area contributed by atoms with Gasteiger partial charge < -0.3 is 16.0 Å². The Bertz CT molecular complexity index is 376. The number of carbonyl (C=O) groups excluding carboxylic acids is 1. The molecular formula is C15H27Cl2N3O. The quantitative estimate of drug-likeness (QED) is 0.715. The van der Waals surface area contributed by atoms with Crippen molar-refractivity contribution in [2.45, 2.75) is 19.9 Å². The normalized spacial score (nSPS) is 11.2. The summed E-state index contributed by atoms with van der Waals surface area (Å²) in [5, 5.41) is 2.91. The Morgan fingerprint density at radius 2 is 1.90 bits per heavy atom. The molecule has 0 aromatic heterocycles. The predicted molar refractivity (Wildman–Crippen MR) is 93.1 cm³/mol. The first kappa shape index (κ1) is 22.5. The molecule has 3 N–H and O–H groups in total. The lowest BCUT2D eigenvalue weighted by atomic mass is 10.1. The van der Waals surface area contributed by atoms with Gasteiger partial charge >= 0.3 is 0 Å². The van der Waals surface area contributed by atoms with Crippen molar-refractivity contribution >= 4 is 30.7 Å². The first-order valence-corrected chi connectivity index (χ1v) is 6.83. The minimum atomic E-state index is -0.0953. The number of nitrogens with zero attached hydrogens (tertiary/aromatic N) is 1. The summed E-state index contributed by atoms with van der Waals surface area (Å²) in [6.45, 7) is 4.86. The molecule has 0 heterocycles. The molecule has 1 unspecified atom stereocenters. The van der Waals surface area contributed by atoms with E-state index in [2.05, 4.69) is 41.5 Å². The van der Waals surface area contributed by atoms with Crippen LogP contribution in [0.2, 0.25) is 0 Å². The van der Waals surface area contributed by atoms with Crippen molar-refractivity contribution in [3.63, 3.8) is 0 Å². The molecule has 1 aromatic rings. The van der Waals surface area contributed by atoms with Crippen molar-refractivity contribution < 1.29 is 4.79 Å². The van der Waals surface area contributed by atoms with Gasteiger partial charge in [0.15, 0.2) is 0 Å². The Hall–Kier alpha value is -0.810. The van der Waals surface area contributed by atoms with Gasteiger partial charge in [-0.2, -0.15) is 0 Å². The maximum atomic E-state index is 11.5. The van der Waals surface area contributed by atoms with Crippen molar-refractivity contribution in [1.29, 1.82) is 0 Å². The minimum Gasteiger partial charge on any atom is -0.356 e. The number of halogens is 2. The third kappa shape index (κ3) is 9.69. The first-order valence-electron chi connectivity index (χ1n) is 6.83. The molecule has 1 aromatic carbocycles. The Labute approximate surface area is 140 Å². The molecular weight excluding hydrogens is 309 g/mol. The zero-order valence-corrected chi connectivity index (χ0v) is 14.4. The first-order chi connectivity index (χ1) is 9.13. The van der Waals surface area contributed by atoms with Crippen LogP contribution in [0.5, 0.6) is 0 Å². The second-order valence-corrected chi connectivity index (χ2v) is 5.00. The molecule has 0 saturated carbocycles. The van der Waals surface area contributed by atoms with E-state index in [4.69, 9.17) is 5.73 Å². The predicted octanol–water partition coefficient (Wildman–Crippen LogP) is 2.06. The van der Waals surface area contributed by atoms with E-state index in [-0.39, 0.29) is 36.6 Å². The van der Waals surface area contributed by atoms with Crippen LogP contribution in [0.15, 0.2) is 30.3 Å². The van der Waals surface area contributed by atoms with Crippen molar-refractivity contribution in [3.05, 3.63) is 35.9 Å². The van der Waals surface area contributed by atoms with Crippen molar-refractivity contribution in [3.8, 4) is 0 Å². The van der Waals surface area contributed by atoms with E-state index in [1.807, 2.05) is 13.0 Å². The zero-order valence-electron chi connectivity index (χ0n) is 12.7. The summed E-state index contributed by atoms with van der Waals surface area (Å²) in [6, 6.07) is 10.4. The molecule has 1 rings (SSSR count). The smallest absolute Gasteiger partial charge is 0.224 e. The monoisotopic (exact) mass is 335 g/mol. The fraction of sp³-hybridized carbons (Fsp3) is 0.533. The molecule has 0 radical (unpaired) electrons. The number of hydrogen-bond acceptors (Lipinski definition) is 3. The van der Waals surface area contributed by atoms with Crippen LogP contribution in [0, 0.1) is 5.92 Å². The lowest BCUT2D eigenvalue weighted by Crippen LogP contribution is -2.34. The number of benzene rings is 1. The van der Waals surface area contributed by atoms with E-state index < -0.39 is 0 Å². The fourth-order valence-electron chi connectivity index (χ4n) is 1.82. The maximum absolute atomic E-state index is 11.5. The van der Waals surface area contributed by atoms with Gasteiger partial charge in [-0.3, -0.25) is 4.79 Å².